The number of aliphatic hydroxyl groups excluding tert-OH is 1. The van der Waals surface area contributed by atoms with Crippen LogP contribution in [0.25, 0.3) is 0 Å². The molecule has 0 bridgehead atoms. The first kappa shape index (κ1) is 30.9. The fraction of sp³-hybridized carbons (Fsp3) is 0.577. The third kappa shape index (κ3) is 6.76. The van der Waals surface area contributed by atoms with Crippen LogP contribution in [0.2, 0.25) is 0 Å². The number of aliphatic hydroxyl groups is 1. The number of nitrogens with one attached hydrogen (secondary N) is 1. The molecule has 0 aromatic carbocycles. The van der Waals surface area contributed by atoms with Crippen LogP contribution in [0.4, 0.5) is 4.79 Å². The minimum absolute atomic E-state index is 0.0128. The highest BCUT2D eigenvalue weighted by Crippen LogP contribution is 2.52. The number of amides is 2. The Morgan fingerprint density at radius 2 is 1.90 bits per heavy atom. The van der Waals surface area contributed by atoms with Crippen LogP contribution in [0.3, 0.4) is 0 Å². The number of ether oxygens (including phenoxy) is 2. The van der Waals surface area contributed by atoms with Gasteiger partial charge in [0, 0.05) is 29.2 Å². The molecule has 2 N–H and O–H groups in total. The molecule has 0 radical (unpaired) electrons. The molecular weight excluding hydrogens is 546 g/mol. The highest BCUT2D eigenvalue weighted by Gasteiger charge is 2.60. The zero-order chi connectivity index (χ0) is 29.1. The average molecular weight is 584 g/mol. The van der Waals surface area contributed by atoms with Crippen molar-refractivity contribution in [3.05, 3.63) is 47.6 Å². The van der Waals surface area contributed by atoms with Crippen LogP contribution in [-0.4, -0.2) is 97.3 Å². The number of hydrogen-bond donors (Lipinski definition) is 2. The van der Waals surface area contributed by atoms with Crippen LogP contribution in [0.1, 0.15) is 27.2 Å². The number of fused-ring (bicyclic) bond motifs is 1. The van der Waals surface area contributed by atoms with Crippen molar-refractivity contribution in [2.75, 3.05) is 32.6 Å². The molecule has 11 nitrogen and oxygen atoms in total. The van der Waals surface area contributed by atoms with Gasteiger partial charge in [-0.3, -0.25) is 4.79 Å². The van der Waals surface area contributed by atoms with Gasteiger partial charge in [-0.25, -0.2) is 22.7 Å². The highest BCUT2D eigenvalue weighted by molar-refractivity contribution is 8.03. The lowest BCUT2D eigenvalue weighted by molar-refractivity contribution is -0.164. The quantitative estimate of drug-likeness (QED) is 0.200. The third-order valence-corrected chi connectivity index (χ3v) is 9.23. The Hall–Kier alpha value is -2.61. The second-order valence-corrected chi connectivity index (χ2v) is 13.1. The monoisotopic (exact) mass is 583 g/mol. The number of hydrogen-bond acceptors (Lipinski definition) is 9. The Morgan fingerprint density at radius 3 is 2.49 bits per heavy atom. The lowest BCUT2D eigenvalue weighted by Crippen LogP contribution is -2.63. The number of esters is 1. The van der Waals surface area contributed by atoms with Crippen LogP contribution < -0.4 is 4.72 Å². The predicted octanol–water partition coefficient (Wildman–Crippen LogP) is 1.78. The van der Waals surface area contributed by atoms with Gasteiger partial charge in [0.1, 0.15) is 18.9 Å². The summed E-state index contributed by atoms with van der Waals surface area (Å²) < 4.78 is 36.0. The van der Waals surface area contributed by atoms with Gasteiger partial charge < -0.3 is 24.4 Å². The largest absolute Gasteiger partial charge is 0.457 e. The predicted molar refractivity (Wildman–Crippen MR) is 148 cm³/mol. The van der Waals surface area contributed by atoms with Gasteiger partial charge in [-0.05, 0) is 20.3 Å². The first-order valence-corrected chi connectivity index (χ1v) is 15.4. The molecule has 0 spiro atoms. The summed E-state index contributed by atoms with van der Waals surface area (Å²) in [5.74, 6) is -1.80. The average Bonchev–Trinajstić information content (AvgIpc) is 3.38. The summed E-state index contributed by atoms with van der Waals surface area (Å²) in [6.45, 7) is 12.9. The number of carbonyl (C=O) groups excluding carboxylic acids is 3. The van der Waals surface area contributed by atoms with Crippen molar-refractivity contribution in [1.29, 1.82) is 0 Å². The van der Waals surface area contributed by atoms with Crippen LogP contribution in [-0.2, 0) is 29.1 Å². The van der Waals surface area contributed by atoms with E-state index in [4.69, 9.17) is 9.47 Å². The Bertz CT molecular complexity index is 1180. The second-order valence-electron chi connectivity index (χ2n) is 9.93. The molecule has 0 saturated carbocycles. The second kappa shape index (κ2) is 12.7. The summed E-state index contributed by atoms with van der Waals surface area (Å²) in [4.78, 5) is 42.6. The van der Waals surface area contributed by atoms with Gasteiger partial charge in [-0.1, -0.05) is 43.9 Å². The van der Waals surface area contributed by atoms with Gasteiger partial charge in [0.25, 0.3) is 0 Å². The van der Waals surface area contributed by atoms with Crippen molar-refractivity contribution in [3.63, 3.8) is 0 Å². The summed E-state index contributed by atoms with van der Waals surface area (Å²) in [5, 5.41) is 10.1. The van der Waals surface area contributed by atoms with E-state index in [-0.39, 0.29) is 54.6 Å². The minimum atomic E-state index is -3.38. The summed E-state index contributed by atoms with van der Waals surface area (Å²) >= 11 is 1.42. The molecule has 39 heavy (non-hydrogen) atoms. The first-order chi connectivity index (χ1) is 18.3. The number of thioether (sulfide) groups is 1. The maximum absolute atomic E-state index is 13.1. The maximum atomic E-state index is 13.1. The van der Waals surface area contributed by atoms with Crippen molar-refractivity contribution < 1.29 is 37.4 Å². The van der Waals surface area contributed by atoms with E-state index >= 15 is 0 Å². The molecule has 0 aromatic heterocycles. The molecule has 3 aliphatic heterocycles. The van der Waals surface area contributed by atoms with Crippen molar-refractivity contribution in [1.82, 2.24) is 14.5 Å². The third-order valence-electron chi connectivity index (χ3n) is 7.04. The minimum Gasteiger partial charge on any atom is -0.457 e. The van der Waals surface area contributed by atoms with E-state index in [0.717, 1.165) is 11.8 Å². The molecule has 3 heterocycles. The van der Waals surface area contributed by atoms with Crippen LogP contribution >= 0.6 is 11.8 Å². The summed E-state index contributed by atoms with van der Waals surface area (Å²) in [6, 6.07) is -0.723. The summed E-state index contributed by atoms with van der Waals surface area (Å²) in [6.07, 6.45) is 4.83. The Kier molecular flexibility index (Phi) is 10.1. The van der Waals surface area contributed by atoms with Crippen molar-refractivity contribution in [2.45, 2.75) is 50.6 Å². The van der Waals surface area contributed by atoms with Gasteiger partial charge in [-0.15, -0.1) is 11.8 Å². The van der Waals surface area contributed by atoms with E-state index in [1.54, 1.807) is 17.9 Å². The van der Waals surface area contributed by atoms with E-state index in [9.17, 15) is 27.9 Å². The first-order valence-electron chi connectivity index (χ1n) is 12.7. The number of nitrogens with zero attached hydrogens (tertiary/aromatic N) is 2. The molecule has 216 valence electrons. The van der Waals surface area contributed by atoms with Crippen LogP contribution in [0, 0.1) is 11.8 Å². The maximum Gasteiger partial charge on any atom is 0.410 e. The Balaban J connectivity index is 1.89. The van der Waals surface area contributed by atoms with Gasteiger partial charge in [0.15, 0.2) is 0 Å². The standard InChI is InChI=1S/C26H37N3O8S2/c1-7-11-36-25(32)22-23(16(4)21-20(17(5)30)24(31)29(21)22)38-18-13-19(15(3)9-10-27-39(6,34)35)28(14-18)26(33)37-12-8-2/h7-9,16-21,27,30H,1-2,10-14H2,3-6H3/t16-,17-,18+,19+,20-,21-/m1/s1. The van der Waals surface area contributed by atoms with Crippen molar-refractivity contribution in [2.24, 2.45) is 11.8 Å². The van der Waals surface area contributed by atoms with E-state index in [0.29, 0.717) is 17.9 Å². The number of sulfonamides is 1. The Morgan fingerprint density at radius 1 is 1.26 bits per heavy atom. The van der Waals surface area contributed by atoms with Crippen LogP contribution in [0.15, 0.2) is 47.6 Å². The fourth-order valence-corrected chi connectivity index (χ4v) is 7.18. The number of rotatable bonds is 12. The Labute approximate surface area is 234 Å². The summed E-state index contributed by atoms with van der Waals surface area (Å²) in [7, 11) is -3.38. The van der Waals surface area contributed by atoms with Crippen LogP contribution in [0.5, 0.6) is 0 Å². The molecule has 13 heteroatoms. The molecule has 0 aliphatic carbocycles. The smallest absolute Gasteiger partial charge is 0.410 e. The molecule has 3 aliphatic rings. The van der Waals surface area contributed by atoms with Crippen molar-refractivity contribution in [3.8, 4) is 0 Å². The van der Waals surface area contributed by atoms with E-state index in [1.807, 2.05) is 13.8 Å². The molecule has 2 fully saturated rings. The zero-order valence-electron chi connectivity index (χ0n) is 22.7. The molecular formula is C26H37N3O8S2. The van der Waals surface area contributed by atoms with Gasteiger partial charge >= 0.3 is 12.1 Å². The molecule has 0 aromatic rings. The summed E-state index contributed by atoms with van der Waals surface area (Å²) in [5.41, 5.74) is 0.965. The molecule has 2 amide bonds. The highest BCUT2D eigenvalue weighted by atomic mass is 32.2. The topological polar surface area (TPSA) is 143 Å². The van der Waals surface area contributed by atoms with Gasteiger partial charge in [-0.2, -0.15) is 0 Å². The molecule has 2 saturated heterocycles. The van der Waals surface area contributed by atoms with E-state index < -0.39 is 34.1 Å². The number of carbonyl (C=O) groups is 3. The van der Waals surface area contributed by atoms with E-state index in [1.165, 1.54) is 28.8 Å². The zero-order valence-corrected chi connectivity index (χ0v) is 24.3. The van der Waals surface area contributed by atoms with E-state index in [2.05, 4.69) is 17.9 Å². The molecule has 3 rings (SSSR count). The lowest BCUT2D eigenvalue weighted by atomic mass is 9.79. The van der Waals surface area contributed by atoms with Gasteiger partial charge in [0.05, 0.1) is 30.4 Å². The van der Waals surface area contributed by atoms with Gasteiger partial charge in [0.2, 0.25) is 15.9 Å². The number of β-lactam (4-membered cyclic amide) rings is 1. The molecule has 0 unspecified atom stereocenters. The molecule has 6 atom stereocenters. The normalized spacial score (nSPS) is 27.7. The SMILES string of the molecule is C=CCOC(=O)C1=C(S[C@H]2C[C@@H](C(C)=CCNS(C)(=O)=O)N(C(=O)OCC=C)C2)[C@H](C)[C@@H]2[C@@H]([C@@H](C)O)C(=O)N12. The van der Waals surface area contributed by atoms with Crippen molar-refractivity contribution >= 4 is 39.8 Å². The lowest BCUT2D eigenvalue weighted by Gasteiger charge is -2.46. The number of likely N-dealkylation sites (tertiary alicyclic amines) is 1. The fourth-order valence-electron chi connectivity index (χ4n) is 5.27.